The molecule has 0 aromatic heterocycles. The van der Waals surface area contributed by atoms with Crippen LogP contribution in [0.1, 0.15) is 27.2 Å². The van der Waals surface area contributed by atoms with Gasteiger partial charge in [-0.3, -0.25) is 0 Å². The third-order valence-electron chi connectivity index (χ3n) is 1.72. The van der Waals surface area contributed by atoms with Gasteiger partial charge in [0, 0.05) is 13.2 Å². The van der Waals surface area contributed by atoms with Crippen molar-refractivity contribution in [1.29, 1.82) is 0 Å². The summed E-state index contributed by atoms with van der Waals surface area (Å²) in [5.74, 6) is -0.274. The maximum atomic E-state index is 11.5. The highest BCUT2D eigenvalue weighted by atomic mass is 16.5. The molecule has 0 bridgehead atoms. The molecule has 0 aliphatic heterocycles. The van der Waals surface area contributed by atoms with Gasteiger partial charge in [-0.15, -0.1) is 0 Å². The van der Waals surface area contributed by atoms with E-state index in [0.29, 0.717) is 12.2 Å². The van der Waals surface area contributed by atoms with Gasteiger partial charge in [-0.05, 0) is 25.8 Å². The average Bonchev–Trinajstić information content (AvgIpc) is 2.14. The van der Waals surface area contributed by atoms with Gasteiger partial charge in [-0.25, -0.2) is 4.79 Å². The summed E-state index contributed by atoms with van der Waals surface area (Å²) >= 11 is 0. The van der Waals surface area contributed by atoms with E-state index >= 15 is 0 Å². The van der Waals surface area contributed by atoms with Crippen LogP contribution in [0.5, 0.6) is 0 Å². The van der Waals surface area contributed by atoms with Crippen molar-refractivity contribution in [2.45, 2.75) is 27.2 Å². The molecule has 3 nitrogen and oxygen atoms in total. The van der Waals surface area contributed by atoms with Crippen molar-refractivity contribution >= 4 is 5.97 Å². The van der Waals surface area contributed by atoms with E-state index in [4.69, 9.17) is 4.74 Å². The predicted molar refractivity (Wildman–Crippen MR) is 57.8 cm³/mol. The minimum Gasteiger partial charge on any atom is -0.462 e. The Balaban J connectivity index is 4.69. The van der Waals surface area contributed by atoms with E-state index in [0.717, 1.165) is 12.0 Å². The highest BCUT2D eigenvalue weighted by molar-refractivity contribution is 5.93. The zero-order valence-corrected chi connectivity index (χ0v) is 9.39. The Morgan fingerprint density at radius 3 is 2.50 bits per heavy atom. The molecule has 0 aromatic rings. The first-order valence-corrected chi connectivity index (χ1v) is 4.89. The number of nitrogens with one attached hydrogen (secondary N) is 1. The molecule has 0 saturated carbocycles. The molecule has 0 aliphatic carbocycles. The van der Waals surface area contributed by atoms with Crippen LogP contribution >= 0.6 is 0 Å². The molecule has 3 heteroatoms. The van der Waals surface area contributed by atoms with Crippen LogP contribution in [0.25, 0.3) is 0 Å². The van der Waals surface area contributed by atoms with Crippen LogP contribution in [0.2, 0.25) is 0 Å². The third-order valence-corrected chi connectivity index (χ3v) is 1.72. The zero-order chi connectivity index (χ0) is 11.0. The van der Waals surface area contributed by atoms with Gasteiger partial charge in [-0.1, -0.05) is 13.0 Å². The van der Waals surface area contributed by atoms with Crippen LogP contribution < -0.4 is 5.32 Å². The summed E-state index contributed by atoms with van der Waals surface area (Å²) in [6.45, 7) is 6.14. The lowest BCUT2D eigenvalue weighted by Crippen LogP contribution is -2.11. The van der Waals surface area contributed by atoms with Crippen LogP contribution in [0.15, 0.2) is 23.4 Å². The number of esters is 1. The second-order valence-corrected chi connectivity index (χ2v) is 2.86. The summed E-state index contributed by atoms with van der Waals surface area (Å²) in [4.78, 5) is 11.5. The van der Waals surface area contributed by atoms with Crippen LogP contribution in [0, 0.1) is 0 Å². The molecule has 0 amide bonds. The largest absolute Gasteiger partial charge is 0.462 e. The van der Waals surface area contributed by atoms with Gasteiger partial charge in [-0.2, -0.15) is 0 Å². The fourth-order valence-electron chi connectivity index (χ4n) is 1.10. The molecule has 0 saturated heterocycles. The molecular formula is C11H19NO2. The lowest BCUT2D eigenvalue weighted by molar-refractivity contribution is -0.138. The first-order valence-electron chi connectivity index (χ1n) is 4.89. The molecule has 0 heterocycles. The Morgan fingerprint density at radius 1 is 1.43 bits per heavy atom. The molecule has 1 N–H and O–H groups in total. The molecule has 0 radical (unpaired) electrons. The maximum absolute atomic E-state index is 11.5. The first kappa shape index (κ1) is 12.8. The molecule has 80 valence electrons. The van der Waals surface area contributed by atoms with E-state index in [-0.39, 0.29) is 5.97 Å². The van der Waals surface area contributed by atoms with Gasteiger partial charge in [0.25, 0.3) is 0 Å². The number of hydrogen-bond donors (Lipinski definition) is 1. The Labute approximate surface area is 85.8 Å². The van der Waals surface area contributed by atoms with Gasteiger partial charge in [0.2, 0.25) is 0 Å². The van der Waals surface area contributed by atoms with Gasteiger partial charge in [0.15, 0.2) is 0 Å². The predicted octanol–water partition coefficient (Wildman–Crippen LogP) is 2.01. The smallest absolute Gasteiger partial charge is 0.339 e. The molecule has 0 rings (SSSR count). The van der Waals surface area contributed by atoms with E-state index in [2.05, 4.69) is 5.32 Å². The van der Waals surface area contributed by atoms with Crippen molar-refractivity contribution < 1.29 is 9.53 Å². The van der Waals surface area contributed by atoms with E-state index in [1.807, 2.05) is 19.9 Å². The Hall–Kier alpha value is -1.25. The lowest BCUT2D eigenvalue weighted by Gasteiger charge is -2.07. The SMILES string of the molecule is CC/C=C(C)/C(=C\NC)C(=O)OCC. The van der Waals surface area contributed by atoms with Crippen molar-refractivity contribution in [2.24, 2.45) is 0 Å². The molecule has 0 aromatic carbocycles. The van der Waals surface area contributed by atoms with E-state index in [9.17, 15) is 4.79 Å². The first-order chi connectivity index (χ1) is 6.67. The maximum Gasteiger partial charge on any atom is 0.339 e. The number of rotatable bonds is 5. The highest BCUT2D eigenvalue weighted by Crippen LogP contribution is 2.11. The van der Waals surface area contributed by atoms with E-state index < -0.39 is 0 Å². The summed E-state index contributed by atoms with van der Waals surface area (Å²) in [7, 11) is 1.76. The second kappa shape index (κ2) is 7.18. The van der Waals surface area contributed by atoms with Crippen molar-refractivity contribution in [2.75, 3.05) is 13.7 Å². The molecule has 14 heavy (non-hydrogen) atoms. The average molecular weight is 197 g/mol. The van der Waals surface area contributed by atoms with Crippen molar-refractivity contribution in [1.82, 2.24) is 5.32 Å². The summed E-state index contributed by atoms with van der Waals surface area (Å²) in [6, 6.07) is 0. The lowest BCUT2D eigenvalue weighted by atomic mass is 10.1. The highest BCUT2D eigenvalue weighted by Gasteiger charge is 2.11. The molecule has 0 fully saturated rings. The van der Waals surface area contributed by atoms with Gasteiger partial charge >= 0.3 is 5.97 Å². The summed E-state index contributed by atoms with van der Waals surface area (Å²) in [5, 5.41) is 2.84. The van der Waals surface area contributed by atoms with Gasteiger partial charge < -0.3 is 10.1 Å². The summed E-state index contributed by atoms with van der Waals surface area (Å²) in [5.41, 5.74) is 1.54. The molecule has 0 atom stereocenters. The van der Waals surface area contributed by atoms with Gasteiger partial charge in [0.05, 0.1) is 12.2 Å². The van der Waals surface area contributed by atoms with Crippen LogP contribution in [0.4, 0.5) is 0 Å². The number of allylic oxidation sites excluding steroid dienone is 1. The quantitative estimate of drug-likeness (QED) is 0.416. The van der Waals surface area contributed by atoms with Crippen LogP contribution in [0.3, 0.4) is 0 Å². The van der Waals surface area contributed by atoms with Crippen molar-refractivity contribution in [3.8, 4) is 0 Å². The molecule has 0 spiro atoms. The second-order valence-electron chi connectivity index (χ2n) is 2.86. The topological polar surface area (TPSA) is 38.3 Å². The Morgan fingerprint density at radius 2 is 2.07 bits per heavy atom. The van der Waals surface area contributed by atoms with Crippen LogP contribution in [-0.4, -0.2) is 19.6 Å². The summed E-state index contributed by atoms with van der Waals surface area (Å²) in [6.07, 6.45) is 4.58. The van der Waals surface area contributed by atoms with Crippen molar-refractivity contribution in [3.05, 3.63) is 23.4 Å². The number of hydrogen-bond acceptors (Lipinski definition) is 3. The third kappa shape index (κ3) is 4.12. The molecular weight excluding hydrogens is 178 g/mol. The van der Waals surface area contributed by atoms with Gasteiger partial charge in [0.1, 0.15) is 0 Å². The van der Waals surface area contributed by atoms with E-state index in [1.165, 1.54) is 0 Å². The monoisotopic (exact) mass is 197 g/mol. The number of carbonyl (C=O) groups excluding carboxylic acids is 1. The minimum absolute atomic E-state index is 0.274. The fraction of sp³-hybridized carbons (Fsp3) is 0.545. The fourth-order valence-corrected chi connectivity index (χ4v) is 1.10. The normalized spacial score (nSPS) is 12.6. The van der Waals surface area contributed by atoms with Crippen LogP contribution in [-0.2, 0) is 9.53 Å². The Kier molecular flexibility index (Phi) is 6.54. The zero-order valence-electron chi connectivity index (χ0n) is 9.39. The Bertz CT molecular complexity index is 242. The van der Waals surface area contributed by atoms with E-state index in [1.54, 1.807) is 20.2 Å². The number of carbonyl (C=O) groups is 1. The summed E-state index contributed by atoms with van der Waals surface area (Å²) < 4.78 is 4.94. The molecule has 0 aliphatic rings. The van der Waals surface area contributed by atoms with Crippen molar-refractivity contribution in [3.63, 3.8) is 0 Å². The molecule has 0 unspecified atom stereocenters. The standard InChI is InChI=1S/C11H19NO2/c1-5-7-9(3)10(8-12-4)11(13)14-6-2/h7-8,12H,5-6H2,1-4H3/b9-7+,10-8+. The number of ether oxygens (including phenoxy) is 1. The minimum atomic E-state index is -0.274.